The Labute approximate surface area is 159 Å². The molecule has 1 heteroatoms. The standard InChI is InChI=1S/C14H13.C7H7.Y/c1-12-7-9-14(10-8-12)11-13-5-3-2-4-6-13;1-7-5-3-2-4-6-7;/h2-3,5-10H,11H2,1H3;2-3,5-6H,1H3;/q2*-1;. The Morgan fingerprint density at radius 2 is 1.32 bits per heavy atom. The Morgan fingerprint density at radius 3 is 1.77 bits per heavy atom. The smallest absolute Gasteiger partial charge is 0 e. The Morgan fingerprint density at radius 1 is 0.682 bits per heavy atom. The molecule has 22 heavy (non-hydrogen) atoms. The summed E-state index contributed by atoms with van der Waals surface area (Å²) in [7, 11) is 0. The van der Waals surface area contributed by atoms with Crippen LogP contribution in [0.1, 0.15) is 22.3 Å². The molecular formula is C21H20Y-2. The van der Waals surface area contributed by atoms with Gasteiger partial charge in [-0.1, -0.05) is 42.3 Å². The van der Waals surface area contributed by atoms with Crippen LogP contribution in [-0.2, 0) is 39.1 Å². The van der Waals surface area contributed by atoms with E-state index in [0.717, 1.165) is 6.42 Å². The summed E-state index contributed by atoms with van der Waals surface area (Å²) >= 11 is 0. The summed E-state index contributed by atoms with van der Waals surface area (Å²) < 4.78 is 0. The fourth-order valence-corrected chi connectivity index (χ4v) is 1.97. The molecule has 3 rings (SSSR count). The Bertz CT molecular complexity index is 628. The minimum Gasteiger partial charge on any atom is -0.184 e. The second-order valence-electron chi connectivity index (χ2n) is 5.15. The van der Waals surface area contributed by atoms with E-state index < -0.39 is 0 Å². The van der Waals surface area contributed by atoms with Crippen LogP contribution < -0.4 is 0 Å². The molecule has 0 bridgehead atoms. The molecule has 0 aromatic heterocycles. The van der Waals surface area contributed by atoms with Crippen LogP contribution in [0.4, 0.5) is 0 Å². The first-order valence-electron chi connectivity index (χ1n) is 7.17. The summed E-state index contributed by atoms with van der Waals surface area (Å²) in [6.45, 7) is 4.16. The molecule has 0 atom stereocenters. The fourth-order valence-electron chi connectivity index (χ4n) is 1.97. The van der Waals surface area contributed by atoms with Crippen molar-refractivity contribution in [1.82, 2.24) is 0 Å². The van der Waals surface area contributed by atoms with Gasteiger partial charge in [0.25, 0.3) is 0 Å². The second-order valence-corrected chi connectivity index (χ2v) is 5.15. The van der Waals surface area contributed by atoms with Crippen molar-refractivity contribution in [1.29, 1.82) is 0 Å². The van der Waals surface area contributed by atoms with Gasteiger partial charge in [-0.3, -0.25) is 0 Å². The fraction of sp³-hybridized carbons (Fsp3) is 0.143. The predicted octanol–water partition coefficient (Wildman–Crippen LogP) is 5.18. The van der Waals surface area contributed by atoms with E-state index in [2.05, 4.69) is 62.4 Å². The van der Waals surface area contributed by atoms with Gasteiger partial charge in [0.1, 0.15) is 0 Å². The first kappa shape index (κ1) is 18.8. The van der Waals surface area contributed by atoms with Gasteiger partial charge in [-0.05, 0) is 13.3 Å². The van der Waals surface area contributed by atoms with Crippen LogP contribution in [0.3, 0.4) is 0 Å². The average Bonchev–Trinajstić information content (AvgIpc) is 2.52. The van der Waals surface area contributed by atoms with Crippen molar-refractivity contribution in [3.8, 4) is 0 Å². The van der Waals surface area contributed by atoms with Gasteiger partial charge in [0.15, 0.2) is 0 Å². The first-order chi connectivity index (χ1) is 10.2. The van der Waals surface area contributed by atoms with Crippen LogP contribution in [-0.4, -0.2) is 0 Å². The van der Waals surface area contributed by atoms with Crippen molar-refractivity contribution in [3.05, 3.63) is 107 Å². The molecule has 0 heterocycles. The summed E-state index contributed by atoms with van der Waals surface area (Å²) in [4.78, 5) is 0. The van der Waals surface area contributed by atoms with Gasteiger partial charge >= 0.3 is 0 Å². The molecule has 0 amide bonds. The molecule has 3 aromatic rings. The van der Waals surface area contributed by atoms with Gasteiger partial charge in [-0.15, -0.1) is 0 Å². The average molecular weight is 361 g/mol. The number of hydrogen-bond acceptors (Lipinski definition) is 0. The van der Waals surface area contributed by atoms with Crippen molar-refractivity contribution in [3.63, 3.8) is 0 Å². The number of benzene rings is 3. The van der Waals surface area contributed by atoms with E-state index in [1.807, 2.05) is 36.4 Å². The SMILES string of the molecule is Cc1c[c-]ccc1.Cc1ccc(Cc2c[c-]ccc2)cc1.[Y]. The van der Waals surface area contributed by atoms with Gasteiger partial charge in [0.2, 0.25) is 0 Å². The van der Waals surface area contributed by atoms with Crippen LogP contribution >= 0.6 is 0 Å². The maximum atomic E-state index is 3.09. The Balaban J connectivity index is 0.000000258. The minimum atomic E-state index is 0. The van der Waals surface area contributed by atoms with Crippen molar-refractivity contribution in [2.75, 3.05) is 0 Å². The van der Waals surface area contributed by atoms with E-state index in [-0.39, 0.29) is 32.7 Å². The maximum absolute atomic E-state index is 3.09. The number of rotatable bonds is 2. The molecule has 0 aliphatic carbocycles. The van der Waals surface area contributed by atoms with Crippen molar-refractivity contribution in [2.24, 2.45) is 0 Å². The number of hydrogen-bond donors (Lipinski definition) is 0. The molecular weight excluding hydrogens is 341 g/mol. The maximum Gasteiger partial charge on any atom is 0 e. The van der Waals surface area contributed by atoms with Crippen molar-refractivity contribution in [2.45, 2.75) is 20.3 Å². The molecule has 0 saturated carbocycles. The van der Waals surface area contributed by atoms with E-state index in [9.17, 15) is 0 Å². The van der Waals surface area contributed by atoms with Gasteiger partial charge in [0.05, 0.1) is 0 Å². The molecule has 0 saturated heterocycles. The predicted molar refractivity (Wildman–Crippen MR) is 89.3 cm³/mol. The molecule has 0 spiro atoms. The molecule has 0 aliphatic heterocycles. The summed E-state index contributed by atoms with van der Waals surface area (Å²) in [6, 6.07) is 30.8. The van der Waals surface area contributed by atoms with Crippen LogP contribution in [0, 0.1) is 26.0 Å². The number of aryl methyl sites for hydroxylation is 2. The van der Waals surface area contributed by atoms with E-state index in [1.165, 1.54) is 22.3 Å². The third kappa shape index (κ3) is 7.16. The molecule has 1 radical (unpaired) electrons. The minimum absolute atomic E-state index is 0. The van der Waals surface area contributed by atoms with Gasteiger partial charge in [-0.25, -0.2) is 0 Å². The van der Waals surface area contributed by atoms with Gasteiger partial charge in [-0.2, -0.15) is 71.8 Å². The van der Waals surface area contributed by atoms with Crippen molar-refractivity contribution >= 4 is 0 Å². The molecule has 0 nitrogen and oxygen atoms in total. The quantitative estimate of drug-likeness (QED) is 0.552. The van der Waals surface area contributed by atoms with Crippen LogP contribution in [0.5, 0.6) is 0 Å². The van der Waals surface area contributed by atoms with Gasteiger partial charge < -0.3 is 0 Å². The van der Waals surface area contributed by atoms with E-state index in [0.29, 0.717) is 0 Å². The zero-order chi connectivity index (χ0) is 14.9. The molecule has 0 aliphatic rings. The summed E-state index contributed by atoms with van der Waals surface area (Å²) in [5.41, 5.74) is 5.25. The normalized spacial score (nSPS) is 9.18. The zero-order valence-corrected chi connectivity index (χ0v) is 16.1. The van der Waals surface area contributed by atoms with E-state index >= 15 is 0 Å². The second kappa shape index (κ2) is 10.5. The third-order valence-corrected chi connectivity index (χ3v) is 3.16. The summed E-state index contributed by atoms with van der Waals surface area (Å²) in [6.07, 6.45) is 0.998. The zero-order valence-electron chi connectivity index (χ0n) is 13.2. The first-order valence-corrected chi connectivity index (χ1v) is 7.17. The van der Waals surface area contributed by atoms with E-state index in [4.69, 9.17) is 0 Å². The van der Waals surface area contributed by atoms with Crippen LogP contribution in [0.15, 0.2) is 72.8 Å². The molecule has 0 fully saturated rings. The Hall–Kier alpha value is -1.24. The van der Waals surface area contributed by atoms with Crippen LogP contribution in [0.2, 0.25) is 0 Å². The monoisotopic (exact) mass is 361 g/mol. The van der Waals surface area contributed by atoms with Crippen LogP contribution in [0.25, 0.3) is 0 Å². The third-order valence-electron chi connectivity index (χ3n) is 3.16. The molecule has 109 valence electrons. The summed E-state index contributed by atoms with van der Waals surface area (Å²) in [5.74, 6) is 0. The summed E-state index contributed by atoms with van der Waals surface area (Å²) in [5, 5.41) is 0. The molecule has 0 unspecified atom stereocenters. The largest absolute Gasteiger partial charge is 0.184 e. The van der Waals surface area contributed by atoms with Crippen molar-refractivity contribution < 1.29 is 32.7 Å². The molecule has 0 N–H and O–H groups in total. The Kier molecular flexibility index (Phi) is 8.96. The topological polar surface area (TPSA) is 0 Å². The van der Waals surface area contributed by atoms with Gasteiger partial charge in [0, 0.05) is 32.7 Å². The molecule has 3 aromatic carbocycles. The van der Waals surface area contributed by atoms with E-state index in [1.54, 1.807) is 0 Å².